The summed E-state index contributed by atoms with van der Waals surface area (Å²) in [6.07, 6.45) is 4.13. The fourth-order valence-corrected chi connectivity index (χ4v) is 3.04. The predicted octanol–water partition coefficient (Wildman–Crippen LogP) is 1.69. The fraction of sp³-hybridized carbons (Fsp3) is 0.933. The van der Waals surface area contributed by atoms with E-state index in [1.54, 1.807) is 0 Å². The zero-order valence-corrected chi connectivity index (χ0v) is 12.9. The molecular weight excluding hydrogens is 238 g/mol. The van der Waals surface area contributed by atoms with E-state index in [0.29, 0.717) is 11.9 Å². The Hall–Kier alpha value is -0.610. The minimum atomic E-state index is 0.220. The Kier molecular flexibility index (Phi) is 7.39. The lowest BCUT2D eigenvalue weighted by molar-refractivity contribution is -0.137. The second-order valence-electron chi connectivity index (χ2n) is 5.51. The summed E-state index contributed by atoms with van der Waals surface area (Å²) >= 11 is 0. The lowest BCUT2D eigenvalue weighted by Gasteiger charge is -2.40. The topological polar surface area (TPSA) is 49.6 Å². The second kappa shape index (κ2) is 8.54. The molecule has 0 saturated carbocycles. The van der Waals surface area contributed by atoms with Crippen LogP contribution in [0, 0.1) is 5.92 Å². The summed E-state index contributed by atoms with van der Waals surface area (Å²) in [5.74, 6) is 0.578. The zero-order valence-electron chi connectivity index (χ0n) is 12.9. The van der Waals surface area contributed by atoms with Crippen molar-refractivity contribution in [3.63, 3.8) is 0 Å². The largest absolute Gasteiger partial charge is 0.340 e. The van der Waals surface area contributed by atoms with Gasteiger partial charge in [0.1, 0.15) is 0 Å². The molecule has 1 rings (SSSR count). The van der Waals surface area contributed by atoms with Crippen molar-refractivity contribution < 1.29 is 4.79 Å². The molecule has 0 aliphatic carbocycles. The van der Waals surface area contributed by atoms with Crippen LogP contribution in [0.4, 0.5) is 0 Å². The lowest BCUT2D eigenvalue weighted by Crippen LogP contribution is -2.53. The molecule has 4 nitrogen and oxygen atoms in total. The van der Waals surface area contributed by atoms with Crippen LogP contribution in [0.5, 0.6) is 0 Å². The van der Waals surface area contributed by atoms with Crippen molar-refractivity contribution in [1.82, 2.24) is 9.80 Å². The van der Waals surface area contributed by atoms with Crippen molar-refractivity contribution in [2.75, 3.05) is 32.7 Å². The van der Waals surface area contributed by atoms with Crippen LogP contribution in [-0.4, -0.2) is 54.5 Å². The van der Waals surface area contributed by atoms with Gasteiger partial charge in [-0.15, -0.1) is 0 Å². The van der Waals surface area contributed by atoms with Gasteiger partial charge >= 0.3 is 0 Å². The van der Waals surface area contributed by atoms with Crippen LogP contribution in [0.15, 0.2) is 0 Å². The van der Waals surface area contributed by atoms with Crippen LogP contribution in [0.25, 0.3) is 0 Å². The number of hydrogen-bond acceptors (Lipinski definition) is 3. The van der Waals surface area contributed by atoms with E-state index in [9.17, 15) is 4.79 Å². The quantitative estimate of drug-likeness (QED) is 0.765. The van der Waals surface area contributed by atoms with Gasteiger partial charge in [0.25, 0.3) is 0 Å². The van der Waals surface area contributed by atoms with Gasteiger partial charge in [-0.05, 0) is 32.2 Å². The Morgan fingerprint density at radius 2 is 1.63 bits per heavy atom. The molecule has 19 heavy (non-hydrogen) atoms. The van der Waals surface area contributed by atoms with Gasteiger partial charge in [0.05, 0.1) is 0 Å². The molecular formula is C15H31N3O. The highest BCUT2D eigenvalue weighted by molar-refractivity contribution is 5.78. The van der Waals surface area contributed by atoms with E-state index in [-0.39, 0.29) is 5.92 Å². The van der Waals surface area contributed by atoms with Crippen molar-refractivity contribution in [2.45, 2.75) is 52.5 Å². The predicted molar refractivity (Wildman–Crippen MR) is 80.0 cm³/mol. The number of nitrogens with two attached hydrogens (primary N) is 1. The SMILES string of the molecule is CCC(CC)C(=O)N1CCN(C(CC)CCN)CC1. The van der Waals surface area contributed by atoms with Gasteiger partial charge in [-0.3, -0.25) is 9.69 Å². The summed E-state index contributed by atoms with van der Waals surface area (Å²) in [6.45, 7) is 11.0. The first-order valence-electron chi connectivity index (χ1n) is 7.90. The molecule has 2 N–H and O–H groups in total. The summed E-state index contributed by atoms with van der Waals surface area (Å²) in [7, 11) is 0. The third-order valence-electron chi connectivity index (χ3n) is 4.45. The smallest absolute Gasteiger partial charge is 0.225 e. The normalized spacial score (nSPS) is 18.9. The Labute approximate surface area is 118 Å². The molecule has 0 aromatic heterocycles. The molecule has 0 spiro atoms. The molecule has 1 atom stereocenters. The molecule has 1 aliphatic rings. The second-order valence-corrected chi connectivity index (χ2v) is 5.51. The van der Waals surface area contributed by atoms with Crippen LogP contribution >= 0.6 is 0 Å². The van der Waals surface area contributed by atoms with Crippen molar-refractivity contribution >= 4 is 5.91 Å². The van der Waals surface area contributed by atoms with E-state index in [0.717, 1.165) is 58.4 Å². The third kappa shape index (κ3) is 4.46. The van der Waals surface area contributed by atoms with Gasteiger partial charge in [0.15, 0.2) is 0 Å². The fourth-order valence-electron chi connectivity index (χ4n) is 3.04. The summed E-state index contributed by atoms with van der Waals surface area (Å²) < 4.78 is 0. The maximum Gasteiger partial charge on any atom is 0.225 e. The van der Waals surface area contributed by atoms with Gasteiger partial charge in [-0.25, -0.2) is 0 Å². The number of rotatable bonds is 7. The Balaban J connectivity index is 2.45. The molecule has 1 saturated heterocycles. The van der Waals surface area contributed by atoms with Gasteiger partial charge in [-0.2, -0.15) is 0 Å². The summed E-state index contributed by atoms with van der Waals surface area (Å²) in [5, 5.41) is 0. The lowest BCUT2D eigenvalue weighted by atomic mass is 10.0. The van der Waals surface area contributed by atoms with Crippen LogP contribution in [0.3, 0.4) is 0 Å². The molecule has 1 unspecified atom stereocenters. The number of nitrogens with zero attached hydrogens (tertiary/aromatic N) is 2. The monoisotopic (exact) mass is 269 g/mol. The van der Waals surface area contributed by atoms with Crippen molar-refractivity contribution in [1.29, 1.82) is 0 Å². The highest BCUT2D eigenvalue weighted by Gasteiger charge is 2.27. The number of hydrogen-bond donors (Lipinski definition) is 1. The molecule has 0 bridgehead atoms. The van der Waals surface area contributed by atoms with E-state index in [1.165, 1.54) is 0 Å². The summed E-state index contributed by atoms with van der Waals surface area (Å²) in [6, 6.07) is 0.593. The minimum Gasteiger partial charge on any atom is -0.340 e. The standard InChI is InChI=1S/C15H31N3O/c1-4-13(5-2)15(19)18-11-9-17(10-12-18)14(6-3)7-8-16/h13-14H,4-12,16H2,1-3H3. The van der Waals surface area contributed by atoms with Crippen LogP contribution < -0.4 is 5.73 Å². The minimum absolute atomic E-state index is 0.220. The van der Waals surface area contributed by atoms with Crippen LogP contribution in [0.1, 0.15) is 46.5 Å². The van der Waals surface area contributed by atoms with Gasteiger partial charge < -0.3 is 10.6 Å². The van der Waals surface area contributed by atoms with Gasteiger partial charge in [-0.1, -0.05) is 20.8 Å². The average Bonchev–Trinajstić information content (AvgIpc) is 2.46. The number of carbonyl (C=O) groups is 1. The summed E-state index contributed by atoms with van der Waals surface area (Å²) in [4.78, 5) is 16.9. The Morgan fingerprint density at radius 1 is 1.05 bits per heavy atom. The Morgan fingerprint density at radius 3 is 2.05 bits per heavy atom. The first-order chi connectivity index (χ1) is 9.17. The number of carbonyl (C=O) groups excluding carboxylic acids is 1. The van der Waals surface area contributed by atoms with Crippen LogP contribution in [0.2, 0.25) is 0 Å². The van der Waals surface area contributed by atoms with E-state index in [4.69, 9.17) is 5.73 Å². The van der Waals surface area contributed by atoms with E-state index >= 15 is 0 Å². The third-order valence-corrected chi connectivity index (χ3v) is 4.45. The van der Waals surface area contributed by atoms with E-state index in [1.807, 2.05) is 0 Å². The van der Waals surface area contributed by atoms with Crippen molar-refractivity contribution in [2.24, 2.45) is 11.7 Å². The Bertz CT molecular complexity index is 258. The molecule has 0 radical (unpaired) electrons. The molecule has 1 aliphatic heterocycles. The molecule has 1 amide bonds. The highest BCUT2D eigenvalue weighted by Crippen LogP contribution is 2.16. The van der Waals surface area contributed by atoms with Crippen molar-refractivity contribution in [3.05, 3.63) is 0 Å². The van der Waals surface area contributed by atoms with E-state index < -0.39 is 0 Å². The molecule has 4 heteroatoms. The number of piperazine rings is 1. The van der Waals surface area contributed by atoms with E-state index in [2.05, 4.69) is 30.6 Å². The highest BCUT2D eigenvalue weighted by atomic mass is 16.2. The maximum atomic E-state index is 12.3. The molecule has 112 valence electrons. The van der Waals surface area contributed by atoms with Crippen LogP contribution in [-0.2, 0) is 4.79 Å². The molecule has 0 aromatic carbocycles. The first-order valence-corrected chi connectivity index (χ1v) is 7.90. The van der Waals surface area contributed by atoms with Crippen molar-refractivity contribution in [3.8, 4) is 0 Å². The molecule has 1 heterocycles. The summed E-state index contributed by atoms with van der Waals surface area (Å²) in [5.41, 5.74) is 5.67. The maximum absolute atomic E-state index is 12.3. The first kappa shape index (κ1) is 16.4. The van der Waals surface area contributed by atoms with Gasteiger partial charge in [0, 0.05) is 38.1 Å². The van der Waals surface area contributed by atoms with Gasteiger partial charge in [0.2, 0.25) is 5.91 Å². The molecule has 1 fully saturated rings. The zero-order chi connectivity index (χ0) is 14.3. The number of amides is 1. The average molecular weight is 269 g/mol. The molecule has 0 aromatic rings.